The highest BCUT2D eigenvalue weighted by molar-refractivity contribution is 6.31. The average Bonchev–Trinajstić information content (AvgIpc) is 2.82. The van der Waals surface area contributed by atoms with Crippen LogP contribution in [0.3, 0.4) is 0 Å². The van der Waals surface area contributed by atoms with Gasteiger partial charge in [-0.25, -0.2) is 4.39 Å². The maximum atomic E-state index is 12.9. The molecule has 4 heteroatoms. The normalized spacial score (nSPS) is 10.9. The first-order valence-electron chi connectivity index (χ1n) is 5.70. The summed E-state index contributed by atoms with van der Waals surface area (Å²) in [5.41, 5.74) is 1.43. The minimum atomic E-state index is -0.277. The minimum absolute atomic E-state index is 0.277. The zero-order chi connectivity index (χ0) is 13.4. The van der Waals surface area contributed by atoms with Gasteiger partial charge < -0.3 is 9.15 Å². The number of halogens is 2. The molecule has 0 aliphatic carbocycles. The summed E-state index contributed by atoms with van der Waals surface area (Å²) in [6.45, 7) is 0. The van der Waals surface area contributed by atoms with Gasteiger partial charge in [0.15, 0.2) is 11.3 Å². The lowest BCUT2D eigenvalue weighted by Gasteiger charge is -2.00. The third-order valence-corrected chi connectivity index (χ3v) is 3.11. The molecule has 0 N–H and O–H groups in total. The van der Waals surface area contributed by atoms with Crippen molar-refractivity contribution in [3.8, 4) is 17.1 Å². The van der Waals surface area contributed by atoms with Crippen molar-refractivity contribution in [2.24, 2.45) is 0 Å². The quantitative estimate of drug-likeness (QED) is 0.664. The third-order valence-electron chi connectivity index (χ3n) is 2.90. The lowest BCUT2D eigenvalue weighted by atomic mass is 10.1. The van der Waals surface area contributed by atoms with Gasteiger partial charge in [0.25, 0.3) is 0 Å². The van der Waals surface area contributed by atoms with Crippen molar-refractivity contribution in [2.75, 3.05) is 7.11 Å². The van der Waals surface area contributed by atoms with E-state index in [0.717, 1.165) is 10.9 Å². The van der Waals surface area contributed by atoms with Crippen molar-refractivity contribution in [3.63, 3.8) is 0 Å². The second-order valence-corrected chi connectivity index (χ2v) is 4.58. The Balaban J connectivity index is 2.18. The topological polar surface area (TPSA) is 22.4 Å². The molecule has 0 radical (unpaired) electrons. The Kier molecular flexibility index (Phi) is 2.91. The first-order valence-corrected chi connectivity index (χ1v) is 6.08. The van der Waals surface area contributed by atoms with Crippen LogP contribution in [0.4, 0.5) is 4.39 Å². The molecule has 1 aromatic heterocycles. The van der Waals surface area contributed by atoms with Crippen LogP contribution in [0.2, 0.25) is 5.02 Å². The second-order valence-electron chi connectivity index (χ2n) is 4.14. The Bertz CT molecular complexity index is 732. The molecule has 0 saturated heterocycles. The standard InChI is InChI=1S/C15H10ClFO2/c1-18-14-8-11(16)6-10-7-13(19-15(10)14)9-2-4-12(17)5-3-9/h2-8H,1H3. The van der Waals surface area contributed by atoms with Gasteiger partial charge >= 0.3 is 0 Å². The van der Waals surface area contributed by atoms with Gasteiger partial charge in [0.1, 0.15) is 11.6 Å². The minimum Gasteiger partial charge on any atom is -0.493 e. The fourth-order valence-corrected chi connectivity index (χ4v) is 2.21. The maximum absolute atomic E-state index is 12.9. The molecule has 3 aromatic rings. The van der Waals surface area contributed by atoms with Crippen molar-refractivity contribution < 1.29 is 13.5 Å². The number of ether oxygens (including phenoxy) is 1. The number of benzene rings is 2. The van der Waals surface area contributed by atoms with Crippen molar-refractivity contribution in [3.05, 3.63) is 53.3 Å². The van der Waals surface area contributed by atoms with Gasteiger partial charge in [-0.3, -0.25) is 0 Å². The van der Waals surface area contributed by atoms with E-state index < -0.39 is 0 Å². The monoisotopic (exact) mass is 276 g/mol. The van der Waals surface area contributed by atoms with E-state index in [1.54, 1.807) is 31.4 Å². The zero-order valence-corrected chi connectivity index (χ0v) is 10.9. The SMILES string of the molecule is COc1cc(Cl)cc2cc(-c3ccc(F)cc3)oc12. The molecule has 2 nitrogen and oxygen atoms in total. The largest absolute Gasteiger partial charge is 0.493 e. The molecule has 0 fully saturated rings. The molecule has 2 aromatic carbocycles. The van der Waals surface area contributed by atoms with Gasteiger partial charge in [-0.15, -0.1) is 0 Å². The van der Waals surface area contributed by atoms with Gasteiger partial charge in [0, 0.05) is 22.0 Å². The highest BCUT2D eigenvalue weighted by atomic mass is 35.5. The van der Waals surface area contributed by atoms with Crippen molar-refractivity contribution >= 4 is 22.6 Å². The van der Waals surface area contributed by atoms with Crippen LogP contribution >= 0.6 is 11.6 Å². The summed E-state index contributed by atoms with van der Waals surface area (Å²) in [4.78, 5) is 0. The number of fused-ring (bicyclic) bond motifs is 1. The molecule has 96 valence electrons. The molecule has 0 spiro atoms. The predicted molar refractivity (Wildman–Crippen MR) is 73.2 cm³/mol. The number of furan rings is 1. The van der Waals surface area contributed by atoms with Crippen LogP contribution in [-0.2, 0) is 0 Å². The molecule has 0 aliphatic rings. The van der Waals surface area contributed by atoms with Crippen molar-refractivity contribution in [2.45, 2.75) is 0 Å². The Labute approximate surface area is 114 Å². The summed E-state index contributed by atoms with van der Waals surface area (Å²) in [5, 5.41) is 1.43. The Morgan fingerprint density at radius 1 is 1.11 bits per heavy atom. The van der Waals surface area contributed by atoms with E-state index in [0.29, 0.717) is 22.1 Å². The Morgan fingerprint density at radius 2 is 1.84 bits per heavy atom. The molecule has 0 aliphatic heterocycles. The summed E-state index contributed by atoms with van der Waals surface area (Å²) < 4.78 is 23.9. The van der Waals surface area contributed by atoms with Crippen LogP contribution in [-0.4, -0.2) is 7.11 Å². The van der Waals surface area contributed by atoms with E-state index >= 15 is 0 Å². The summed E-state index contributed by atoms with van der Waals surface area (Å²) in [6, 6.07) is 11.5. The van der Waals surface area contributed by atoms with Gasteiger partial charge in [-0.05, 0) is 36.4 Å². The zero-order valence-electron chi connectivity index (χ0n) is 10.1. The van der Waals surface area contributed by atoms with Gasteiger partial charge in [-0.1, -0.05) is 11.6 Å². The molecule has 0 unspecified atom stereocenters. The van der Waals surface area contributed by atoms with Crippen molar-refractivity contribution in [1.82, 2.24) is 0 Å². The van der Waals surface area contributed by atoms with E-state index in [-0.39, 0.29) is 5.82 Å². The van der Waals surface area contributed by atoms with Gasteiger partial charge in [0.05, 0.1) is 7.11 Å². The summed E-state index contributed by atoms with van der Waals surface area (Å²) in [5.74, 6) is 0.951. The summed E-state index contributed by atoms with van der Waals surface area (Å²) in [6.07, 6.45) is 0. The fourth-order valence-electron chi connectivity index (χ4n) is 1.99. The van der Waals surface area contributed by atoms with Crippen LogP contribution in [0, 0.1) is 5.82 Å². The molecular weight excluding hydrogens is 267 g/mol. The van der Waals surface area contributed by atoms with E-state index in [1.807, 2.05) is 6.07 Å². The summed E-state index contributed by atoms with van der Waals surface area (Å²) in [7, 11) is 1.56. The van der Waals surface area contributed by atoms with Crippen molar-refractivity contribution in [1.29, 1.82) is 0 Å². The molecular formula is C15H10ClFO2. The highest BCUT2D eigenvalue weighted by Crippen LogP contribution is 2.35. The Hall–Kier alpha value is -2.00. The molecule has 0 bridgehead atoms. The van der Waals surface area contributed by atoms with Crippen LogP contribution in [0.15, 0.2) is 46.9 Å². The molecule has 0 amide bonds. The third kappa shape index (κ3) is 2.17. The average molecular weight is 277 g/mol. The van der Waals surface area contributed by atoms with E-state index in [1.165, 1.54) is 12.1 Å². The second kappa shape index (κ2) is 4.59. The van der Waals surface area contributed by atoms with Crippen LogP contribution in [0.5, 0.6) is 5.75 Å². The van der Waals surface area contributed by atoms with Crippen LogP contribution in [0.25, 0.3) is 22.3 Å². The van der Waals surface area contributed by atoms with Crippen LogP contribution in [0.1, 0.15) is 0 Å². The molecule has 19 heavy (non-hydrogen) atoms. The van der Waals surface area contributed by atoms with E-state index in [4.69, 9.17) is 20.8 Å². The Morgan fingerprint density at radius 3 is 2.53 bits per heavy atom. The fraction of sp³-hybridized carbons (Fsp3) is 0.0667. The maximum Gasteiger partial charge on any atom is 0.176 e. The molecule has 3 rings (SSSR count). The molecule has 0 saturated carbocycles. The first kappa shape index (κ1) is 12.1. The number of rotatable bonds is 2. The summed E-state index contributed by atoms with van der Waals surface area (Å²) >= 11 is 6.01. The lowest BCUT2D eigenvalue weighted by molar-refractivity contribution is 0.411. The van der Waals surface area contributed by atoms with Crippen LogP contribution < -0.4 is 4.74 Å². The predicted octanol–water partition coefficient (Wildman–Crippen LogP) is 4.90. The number of methoxy groups -OCH3 is 1. The first-order chi connectivity index (χ1) is 9.17. The molecule has 0 atom stereocenters. The molecule has 1 heterocycles. The van der Waals surface area contributed by atoms with E-state index in [2.05, 4.69) is 0 Å². The smallest absolute Gasteiger partial charge is 0.176 e. The van der Waals surface area contributed by atoms with Gasteiger partial charge in [0.2, 0.25) is 0 Å². The van der Waals surface area contributed by atoms with E-state index in [9.17, 15) is 4.39 Å². The highest BCUT2D eigenvalue weighted by Gasteiger charge is 2.11. The lowest BCUT2D eigenvalue weighted by Crippen LogP contribution is -1.82. The number of hydrogen-bond donors (Lipinski definition) is 0. The number of hydrogen-bond acceptors (Lipinski definition) is 2. The van der Waals surface area contributed by atoms with Gasteiger partial charge in [-0.2, -0.15) is 0 Å².